The van der Waals surface area contributed by atoms with Gasteiger partial charge in [0.05, 0.1) is 0 Å². The van der Waals surface area contributed by atoms with Crippen molar-refractivity contribution in [3.05, 3.63) is 0 Å². The molecule has 1 aliphatic rings. The van der Waals surface area contributed by atoms with Crippen molar-refractivity contribution in [1.82, 2.24) is 0 Å². The van der Waals surface area contributed by atoms with Crippen molar-refractivity contribution in [1.29, 1.82) is 0 Å². The van der Waals surface area contributed by atoms with Crippen LogP contribution < -0.4 is 17.2 Å². The molecule has 2 radical (unpaired) electrons. The summed E-state index contributed by atoms with van der Waals surface area (Å²) in [6, 6.07) is -0.0544. The Morgan fingerprint density at radius 2 is 2.33 bits per heavy atom. The van der Waals surface area contributed by atoms with Crippen LogP contribution >= 0.6 is 41.6 Å². The first-order valence-electron chi connectivity index (χ1n) is 3.59. The summed E-state index contributed by atoms with van der Waals surface area (Å²) in [5.74, 6) is 0.555. The zero-order chi connectivity index (χ0) is 9.14. The van der Waals surface area contributed by atoms with E-state index in [1.165, 1.54) is 0 Å². The third-order valence-corrected chi connectivity index (χ3v) is 8.45. The van der Waals surface area contributed by atoms with Crippen molar-refractivity contribution in [2.24, 2.45) is 5.92 Å². The third kappa shape index (κ3) is 2.83. The number of rotatable bonds is 3. The average molecular weight is 505 g/mol. The third-order valence-electron chi connectivity index (χ3n) is 2.06. The summed E-state index contributed by atoms with van der Waals surface area (Å²) in [4.78, 5) is 0. The van der Waals surface area contributed by atoms with Crippen LogP contribution in [0.5, 0.6) is 0 Å². The first-order chi connectivity index (χ1) is 5.70. The zero-order valence-electron chi connectivity index (χ0n) is 6.54. The van der Waals surface area contributed by atoms with E-state index in [2.05, 4.69) is 25.5 Å². The van der Waals surface area contributed by atoms with Crippen molar-refractivity contribution in [3.63, 3.8) is 0 Å². The Morgan fingerprint density at radius 3 is 2.75 bits per heavy atom. The fraction of sp³-hybridized carbons (Fsp3) is 1.00. The summed E-state index contributed by atoms with van der Waals surface area (Å²) in [6.07, 6.45) is 0.205. The molecule has 0 amide bonds. The molecular weight excluding hydrogens is 496 g/mol. The van der Waals surface area contributed by atoms with Crippen molar-refractivity contribution < 1.29 is 25.0 Å². The number of hydrogen-bond donors (Lipinski definition) is 0. The second-order valence-corrected chi connectivity index (χ2v) is 8.49. The molecule has 0 saturated carbocycles. The quantitative estimate of drug-likeness (QED) is 0.270. The average Bonchev–Trinajstić information content (AvgIpc) is 2.29. The molecule has 1 rings (SSSR count). The van der Waals surface area contributed by atoms with Gasteiger partial charge in [0.1, 0.15) is 0 Å². The van der Waals surface area contributed by atoms with Crippen molar-refractivity contribution >= 4 is 49.5 Å². The Morgan fingerprint density at radius 1 is 1.67 bits per heavy atom. The van der Waals surface area contributed by atoms with E-state index in [0.717, 1.165) is 0 Å². The summed E-state index contributed by atoms with van der Waals surface area (Å²) in [5, 5.41) is 0. The molecule has 2 nitrogen and oxygen atoms in total. The predicted molar refractivity (Wildman–Crippen MR) is 61.4 cm³/mol. The Kier molecular flexibility index (Phi) is 6.03. The molecule has 0 bridgehead atoms. The zero-order valence-corrected chi connectivity index (χ0v) is 13.0. The number of alkyl halides is 1. The van der Waals surface area contributed by atoms with E-state index >= 15 is 0 Å². The summed E-state index contributed by atoms with van der Waals surface area (Å²) in [5.41, 5.74) is 0. The van der Waals surface area contributed by atoms with Crippen LogP contribution in [0.25, 0.3) is 0 Å². The molecule has 0 aromatic carbocycles. The van der Waals surface area contributed by atoms with Crippen LogP contribution in [-0.2, 0) is 7.80 Å². The van der Waals surface area contributed by atoms with Crippen LogP contribution in [0.2, 0.25) is 0 Å². The van der Waals surface area contributed by atoms with E-state index in [-0.39, 0.29) is 29.3 Å². The summed E-state index contributed by atoms with van der Waals surface area (Å²) in [7, 11) is 5.84. The minimum atomic E-state index is -0.0544. The van der Waals surface area contributed by atoms with E-state index in [1.54, 1.807) is 0 Å². The summed E-state index contributed by atoms with van der Waals surface area (Å²) >= 11 is 4.51. The second kappa shape index (κ2) is 5.91. The van der Waals surface area contributed by atoms with Crippen LogP contribution in [0, 0.1) is 5.92 Å². The van der Waals surface area contributed by atoms with Gasteiger partial charge in [-0.2, -0.15) is 0 Å². The predicted octanol–water partition coefficient (Wildman–Crippen LogP) is -1.31. The number of hydrogen-bond acceptors (Lipinski definition) is 2. The van der Waals surface area contributed by atoms with E-state index < -0.39 is 0 Å². The van der Waals surface area contributed by atoms with Gasteiger partial charge in [-0.25, -0.2) is 0 Å². The van der Waals surface area contributed by atoms with Crippen molar-refractivity contribution in [3.8, 4) is 0 Å². The Bertz CT molecular complexity index is 149. The number of ether oxygens (including phenoxy) is 1. The summed E-state index contributed by atoms with van der Waals surface area (Å²) < 4.78 is 11.2. The molecule has 0 N–H and O–H groups in total. The van der Waals surface area contributed by atoms with Crippen LogP contribution in [0.1, 0.15) is 6.92 Å². The van der Waals surface area contributed by atoms with Gasteiger partial charge >= 0.3 is 110 Å². The van der Waals surface area contributed by atoms with Gasteiger partial charge < -0.3 is 0 Å². The van der Waals surface area contributed by atoms with Gasteiger partial charge in [0.15, 0.2) is 0 Å². The molecule has 6 heteroatoms. The van der Waals surface area contributed by atoms with Crippen molar-refractivity contribution in [2.75, 3.05) is 6.61 Å². The topological polar surface area (TPSA) is 18.5 Å². The molecule has 0 aliphatic carbocycles. The molecule has 0 aromatic heterocycles. The normalized spacial score (nSPS) is 42.2. The van der Waals surface area contributed by atoms with Crippen LogP contribution in [0.4, 0.5) is 0 Å². The molecule has 12 heavy (non-hydrogen) atoms. The van der Waals surface area contributed by atoms with Gasteiger partial charge in [0.25, 0.3) is 0 Å². The van der Waals surface area contributed by atoms with Crippen LogP contribution in [0.3, 0.4) is 0 Å². The van der Waals surface area contributed by atoms with E-state index in [0.29, 0.717) is 16.4 Å². The van der Waals surface area contributed by atoms with Gasteiger partial charge in [-0.1, -0.05) is 0 Å². The monoisotopic (exact) mass is 505 g/mol. The first kappa shape index (κ1) is 12.2. The molecule has 70 valence electrons. The SMILES string of the molecule is [B]C1OC(COI)C(C)C1[I-]I. The van der Waals surface area contributed by atoms with Gasteiger partial charge in [-0.15, -0.1) is 0 Å². The fourth-order valence-electron chi connectivity index (χ4n) is 1.28. The van der Waals surface area contributed by atoms with E-state index in [9.17, 15) is 0 Å². The molecule has 1 heterocycles. The standard InChI is InChI=1S/C6H9BI3O2/c1-3-4(2-11-9)12-6(7)5(3)10-8/h3-6H,2H2,1H3/q-1. The number of halogens is 3. The molecule has 1 fully saturated rings. The van der Waals surface area contributed by atoms with Gasteiger partial charge in [0, 0.05) is 0 Å². The first-order valence-corrected chi connectivity index (χ1v) is 12.0. The summed E-state index contributed by atoms with van der Waals surface area (Å²) in [6.45, 7) is 2.86. The Labute approximate surface area is 108 Å². The van der Waals surface area contributed by atoms with Gasteiger partial charge in [-0.05, 0) is 0 Å². The molecule has 0 aromatic rings. The van der Waals surface area contributed by atoms with Crippen molar-refractivity contribution in [2.45, 2.75) is 23.0 Å². The maximum atomic E-state index is 5.84. The molecule has 1 aliphatic heterocycles. The van der Waals surface area contributed by atoms with Gasteiger partial charge in [0.2, 0.25) is 0 Å². The fourth-order valence-corrected chi connectivity index (χ4v) is 7.64. The maximum absolute atomic E-state index is 5.84. The molecule has 4 unspecified atom stereocenters. The molecule has 1 saturated heterocycles. The van der Waals surface area contributed by atoms with E-state index in [4.69, 9.17) is 15.6 Å². The molecule has 0 spiro atoms. The minimum absolute atomic E-state index is 0.0544. The van der Waals surface area contributed by atoms with Crippen LogP contribution in [-0.4, -0.2) is 30.5 Å². The van der Waals surface area contributed by atoms with Gasteiger partial charge in [-0.3, -0.25) is 0 Å². The Hall–Kier alpha value is 2.17. The Balaban J connectivity index is 2.49. The second-order valence-electron chi connectivity index (χ2n) is 2.80. The van der Waals surface area contributed by atoms with Crippen LogP contribution in [0.15, 0.2) is 0 Å². The molecule has 4 atom stereocenters. The van der Waals surface area contributed by atoms with E-state index in [1.807, 2.05) is 23.0 Å². The molecular formula is C6H9BI3O2-.